The van der Waals surface area contributed by atoms with Gasteiger partial charge in [0.1, 0.15) is 5.75 Å². The largest absolute Gasteiger partial charge is 0.497 e. The lowest BCUT2D eigenvalue weighted by Crippen LogP contribution is -2.36. The van der Waals surface area contributed by atoms with Crippen LogP contribution in [0.15, 0.2) is 83.8 Å². The van der Waals surface area contributed by atoms with Gasteiger partial charge in [-0.25, -0.2) is 8.42 Å². The quantitative estimate of drug-likeness (QED) is 0.484. The molecule has 8 heteroatoms. The number of sulfonamides is 1. The molecular weight excluding hydrogens is 472 g/mol. The van der Waals surface area contributed by atoms with Crippen LogP contribution >= 0.6 is 11.6 Å². The summed E-state index contributed by atoms with van der Waals surface area (Å²) >= 11 is 5.95. The zero-order valence-electron chi connectivity index (χ0n) is 19.1. The highest BCUT2D eigenvalue weighted by atomic mass is 35.5. The SMILES string of the molecule is COc1cccc(C2CN(S(=O)(=O)c3ccc(Cl)cc3)CC2C(=O)N(C)Cc2ccccc2)c1. The normalized spacial score (nSPS) is 18.6. The Hall–Kier alpha value is -2.87. The van der Waals surface area contributed by atoms with E-state index in [4.69, 9.17) is 16.3 Å². The summed E-state index contributed by atoms with van der Waals surface area (Å²) in [6, 6.07) is 23.3. The molecule has 0 aromatic heterocycles. The number of nitrogens with zero attached hydrogens (tertiary/aromatic N) is 2. The van der Waals surface area contributed by atoms with Crippen molar-refractivity contribution < 1.29 is 17.9 Å². The second-order valence-corrected chi connectivity index (χ2v) is 10.8. The Bertz CT molecular complexity index is 1250. The van der Waals surface area contributed by atoms with Gasteiger partial charge in [-0.15, -0.1) is 0 Å². The average molecular weight is 499 g/mol. The fourth-order valence-corrected chi connectivity index (χ4v) is 6.02. The predicted octanol–water partition coefficient (Wildman–Crippen LogP) is 4.41. The van der Waals surface area contributed by atoms with E-state index in [0.29, 0.717) is 17.3 Å². The molecule has 1 aliphatic rings. The fourth-order valence-electron chi connectivity index (χ4n) is 4.40. The van der Waals surface area contributed by atoms with Crippen LogP contribution in [0.2, 0.25) is 5.02 Å². The maximum Gasteiger partial charge on any atom is 0.243 e. The topological polar surface area (TPSA) is 66.9 Å². The van der Waals surface area contributed by atoms with Crippen LogP contribution < -0.4 is 4.74 Å². The Kier molecular flexibility index (Phi) is 7.26. The first kappa shape index (κ1) is 24.3. The molecule has 0 bridgehead atoms. The number of carbonyl (C=O) groups is 1. The van der Waals surface area contributed by atoms with Gasteiger partial charge in [0.05, 0.1) is 17.9 Å². The van der Waals surface area contributed by atoms with Crippen molar-refractivity contribution in [1.29, 1.82) is 0 Å². The van der Waals surface area contributed by atoms with Crippen LogP contribution in [0, 0.1) is 5.92 Å². The highest BCUT2D eigenvalue weighted by molar-refractivity contribution is 7.89. The van der Waals surface area contributed by atoms with E-state index in [1.54, 1.807) is 31.2 Å². The maximum absolute atomic E-state index is 13.6. The molecule has 0 saturated carbocycles. The van der Waals surface area contributed by atoms with Crippen molar-refractivity contribution in [3.63, 3.8) is 0 Å². The first-order valence-corrected chi connectivity index (χ1v) is 12.8. The summed E-state index contributed by atoms with van der Waals surface area (Å²) in [5.41, 5.74) is 1.89. The molecule has 1 saturated heterocycles. The lowest BCUT2D eigenvalue weighted by Gasteiger charge is -2.25. The Morgan fingerprint density at radius 2 is 1.74 bits per heavy atom. The summed E-state index contributed by atoms with van der Waals surface area (Å²) in [6.45, 7) is 0.753. The lowest BCUT2D eigenvalue weighted by molar-refractivity contribution is -0.134. The lowest BCUT2D eigenvalue weighted by atomic mass is 9.88. The first-order valence-electron chi connectivity index (χ1n) is 11.0. The van der Waals surface area contributed by atoms with Crippen LogP contribution in [0.3, 0.4) is 0 Å². The smallest absolute Gasteiger partial charge is 0.243 e. The molecule has 3 aromatic carbocycles. The molecule has 0 spiro atoms. The van der Waals surface area contributed by atoms with Gasteiger partial charge in [-0.2, -0.15) is 4.31 Å². The monoisotopic (exact) mass is 498 g/mol. The molecule has 3 aromatic rings. The Morgan fingerprint density at radius 3 is 2.41 bits per heavy atom. The van der Waals surface area contributed by atoms with Crippen molar-refractivity contribution in [1.82, 2.24) is 9.21 Å². The number of hydrogen-bond donors (Lipinski definition) is 0. The molecule has 1 heterocycles. The molecule has 34 heavy (non-hydrogen) atoms. The van der Waals surface area contributed by atoms with Crippen molar-refractivity contribution in [3.05, 3.63) is 95.0 Å². The van der Waals surface area contributed by atoms with E-state index >= 15 is 0 Å². The van der Waals surface area contributed by atoms with Gasteiger partial charge in [0.15, 0.2) is 0 Å². The standard InChI is InChI=1S/C26H27ClN2O4S/c1-28(16-19-7-4-3-5-8-19)26(30)25-18-29(34(31,32)23-13-11-21(27)12-14-23)17-24(25)20-9-6-10-22(15-20)33-2/h3-15,24-25H,16-18H2,1-2H3. The number of amides is 1. The molecule has 0 N–H and O–H groups in total. The van der Waals surface area contributed by atoms with Crippen molar-refractivity contribution in [2.24, 2.45) is 5.92 Å². The maximum atomic E-state index is 13.6. The number of benzene rings is 3. The number of carbonyl (C=O) groups excluding carboxylic acids is 1. The van der Waals surface area contributed by atoms with Crippen LogP contribution in [0.5, 0.6) is 5.75 Å². The average Bonchev–Trinajstić information content (AvgIpc) is 3.31. The van der Waals surface area contributed by atoms with Gasteiger partial charge in [0, 0.05) is 37.6 Å². The molecule has 1 aliphatic heterocycles. The van der Waals surface area contributed by atoms with Crippen LogP contribution in [-0.4, -0.2) is 50.8 Å². The van der Waals surface area contributed by atoms with Crippen LogP contribution in [0.4, 0.5) is 0 Å². The minimum absolute atomic E-state index is 0.0921. The van der Waals surface area contributed by atoms with Crippen molar-refractivity contribution in [2.45, 2.75) is 17.4 Å². The second-order valence-electron chi connectivity index (χ2n) is 8.45. The van der Waals surface area contributed by atoms with E-state index in [-0.39, 0.29) is 29.8 Å². The Balaban J connectivity index is 1.65. The molecule has 2 atom stereocenters. The van der Waals surface area contributed by atoms with Crippen LogP contribution in [0.1, 0.15) is 17.0 Å². The van der Waals surface area contributed by atoms with Crippen molar-refractivity contribution in [2.75, 3.05) is 27.2 Å². The molecule has 6 nitrogen and oxygen atoms in total. The molecule has 0 radical (unpaired) electrons. The predicted molar refractivity (Wildman–Crippen MR) is 132 cm³/mol. The Morgan fingerprint density at radius 1 is 1.03 bits per heavy atom. The minimum Gasteiger partial charge on any atom is -0.497 e. The van der Waals surface area contributed by atoms with Crippen molar-refractivity contribution in [3.8, 4) is 5.75 Å². The summed E-state index contributed by atoms with van der Waals surface area (Å²) in [5.74, 6) is -0.253. The van der Waals surface area contributed by atoms with Crippen LogP contribution in [-0.2, 0) is 21.4 Å². The minimum atomic E-state index is -3.79. The number of rotatable bonds is 7. The number of halogens is 1. The van der Waals surface area contributed by atoms with Gasteiger partial charge < -0.3 is 9.64 Å². The van der Waals surface area contributed by atoms with E-state index in [9.17, 15) is 13.2 Å². The summed E-state index contributed by atoms with van der Waals surface area (Å²) in [4.78, 5) is 15.4. The fraction of sp³-hybridized carbons (Fsp3) is 0.269. The summed E-state index contributed by atoms with van der Waals surface area (Å²) < 4.78 is 33.6. The highest BCUT2D eigenvalue weighted by Crippen LogP contribution is 2.38. The molecule has 4 rings (SSSR count). The summed E-state index contributed by atoms with van der Waals surface area (Å²) in [7, 11) is -0.447. The van der Waals surface area contributed by atoms with Crippen LogP contribution in [0.25, 0.3) is 0 Å². The van der Waals surface area contributed by atoms with Gasteiger partial charge in [-0.05, 0) is 47.5 Å². The van der Waals surface area contributed by atoms with Gasteiger partial charge >= 0.3 is 0 Å². The zero-order chi connectivity index (χ0) is 24.3. The van der Waals surface area contributed by atoms with E-state index in [2.05, 4.69) is 0 Å². The van der Waals surface area contributed by atoms with Gasteiger partial charge in [-0.3, -0.25) is 4.79 Å². The van der Waals surface area contributed by atoms with E-state index in [1.165, 1.54) is 16.4 Å². The summed E-state index contributed by atoms with van der Waals surface area (Å²) in [5, 5.41) is 0.463. The van der Waals surface area contributed by atoms with Gasteiger partial charge in [0.2, 0.25) is 15.9 Å². The molecule has 1 amide bonds. The number of hydrogen-bond acceptors (Lipinski definition) is 4. The van der Waals surface area contributed by atoms with E-state index in [1.807, 2.05) is 54.6 Å². The van der Waals surface area contributed by atoms with Crippen molar-refractivity contribution >= 4 is 27.5 Å². The van der Waals surface area contributed by atoms with Gasteiger partial charge in [-0.1, -0.05) is 54.1 Å². The highest BCUT2D eigenvalue weighted by Gasteiger charge is 2.44. The van der Waals surface area contributed by atoms with E-state index < -0.39 is 15.9 Å². The first-order chi connectivity index (χ1) is 16.3. The molecule has 0 aliphatic carbocycles. The third kappa shape index (κ3) is 5.12. The third-order valence-electron chi connectivity index (χ3n) is 6.22. The Labute approximate surface area is 205 Å². The zero-order valence-corrected chi connectivity index (χ0v) is 20.7. The molecule has 1 fully saturated rings. The number of ether oxygens (including phenoxy) is 1. The van der Waals surface area contributed by atoms with Gasteiger partial charge in [0.25, 0.3) is 0 Å². The summed E-state index contributed by atoms with van der Waals surface area (Å²) in [6.07, 6.45) is 0. The number of methoxy groups -OCH3 is 1. The molecule has 2 unspecified atom stereocenters. The van der Waals surface area contributed by atoms with E-state index in [0.717, 1.165) is 11.1 Å². The molecule has 178 valence electrons. The molecular formula is C26H27ClN2O4S. The second kappa shape index (κ2) is 10.2. The third-order valence-corrected chi connectivity index (χ3v) is 8.31.